The molecular weight excluding hydrogens is 252 g/mol. The Morgan fingerprint density at radius 1 is 1.35 bits per heavy atom. The highest BCUT2D eigenvalue weighted by atomic mass is 16.5. The van der Waals surface area contributed by atoms with Gasteiger partial charge in [-0.15, -0.1) is 0 Å². The molecule has 0 spiro atoms. The zero-order valence-electron chi connectivity index (χ0n) is 11.1. The van der Waals surface area contributed by atoms with Crippen LogP contribution in [0.25, 0.3) is 0 Å². The second-order valence-electron chi connectivity index (χ2n) is 5.09. The molecule has 0 bridgehead atoms. The summed E-state index contributed by atoms with van der Waals surface area (Å²) in [6.07, 6.45) is 3.39. The quantitative estimate of drug-likeness (QED) is 0.925. The first-order valence-electron chi connectivity index (χ1n) is 6.68. The van der Waals surface area contributed by atoms with Gasteiger partial charge in [-0.2, -0.15) is 0 Å². The molecule has 3 rings (SSSR count). The molecule has 1 aromatic carbocycles. The van der Waals surface area contributed by atoms with Gasteiger partial charge in [0.15, 0.2) is 0 Å². The van der Waals surface area contributed by atoms with E-state index >= 15 is 0 Å². The SMILES string of the molecule is NC(=O)c1ccnc(CC2COc3ccccc3C2)c1. The molecule has 4 heteroatoms. The summed E-state index contributed by atoms with van der Waals surface area (Å²) >= 11 is 0. The molecule has 1 aromatic heterocycles. The van der Waals surface area contributed by atoms with Gasteiger partial charge in [-0.1, -0.05) is 18.2 Å². The Morgan fingerprint density at radius 3 is 3.05 bits per heavy atom. The summed E-state index contributed by atoms with van der Waals surface area (Å²) < 4.78 is 5.77. The minimum atomic E-state index is -0.418. The van der Waals surface area contributed by atoms with Gasteiger partial charge >= 0.3 is 0 Å². The molecule has 0 fully saturated rings. The van der Waals surface area contributed by atoms with Crippen LogP contribution in [0.15, 0.2) is 42.6 Å². The fourth-order valence-electron chi connectivity index (χ4n) is 2.56. The number of rotatable bonds is 3. The van der Waals surface area contributed by atoms with Gasteiger partial charge in [0.05, 0.1) is 6.61 Å². The van der Waals surface area contributed by atoms with Gasteiger partial charge in [-0.25, -0.2) is 0 Å². The van der Waals surface area contributed by atoms with Gasteiger partial charge in [-0.05, 0) is 36.6 Å². The van der Waals surface area contributed by atoms with E-state index in [2.05, 4.69) is 11.1 Å². The first-order chi connectivity index (χ1) is 9.72. The molecule has 20 heavy (non-hydrogen) atoms. The first-order valence-corrected chi connectivity index (χ1v) is 6.68. The van der Waals surface area contributed by atoms with Crippen molar-refractivity contribution < 1.29 is 9.53 Å². The van der Waals surface area contributed by atoms with Crippen LogP contribution in [0.4, 0.5) is 0 Å². The smallest absolute Gasteiger partial charge is 0.248 e. The van der Waals surface area contributed by atoms with Crippen LogP contribution in [-0.2, 0) is 12.8 Å². The van der Waals surface area contributed by atoms with Crippen molar-refractivity contribution in [1.82, 2.24) is 4.98 Å². The van der Waals surface area contributed by atoms with Crippen molar-refractivity contribution in [3.8, 4) is 5.75 Å². The van der Waals surface area contributed by atoms with Crippen molar-refractivity contribution in [2.45, 2.75) is 12.8 Å². The summed E-state index contributed by atoms with van der Waals surface area (Å²) in [5.41, 5.74) is 7.91. The predicted molar refractivity (Wildman–Crippen MR) is 75.6 cm³/mol. The van der Waals surface area contributed by atoms with Crippen LogP contribution in [0, 0.1) is 5.92 Å². The van der Waals surface area contributed by atoms with E-state index in [9.17, 15) is 4.79 Å². The van der Waals surface area contributed by atoms with Gasteiger partial charge in [-0.3, -0.25) is 9.78 Å². The molecule has 102 valence electrons. The minimum absolute atomic E-state index is 0.375. The largest absolute Gasteiger partial charge is 0.493 e. The number of aromatic nitrogens is 1. The molecule has 1 aliphatic heterocycles. The number of para-hydroxylation sites is 1. The highest BCUT2D eigenvalue weighted by Crippen LogP contribution is 2.28. The van der Waals surface area contributed by atoms with Gasteiger partial charge in [0, 0.05) is 23.4 Å². The lowest BCUT2D eigenvalue weighted by Gasteiger charge is -2.25. The third-order valence-corrected chi connectivity index (χ3v) is 3.55. The molecule has 1 amide bonds. The number of fused-ring (bicyclic) bond motifs is 1. The minimum Gasteiger partial charge on any atom is -0.493 e. The third-order valence-electron chi connectivity index (χ3n) is 3.55. The van der Waals surface area contributed by atoms with Crippen LogP contribution >= 0.6 is 0 Å². The average Bonchev–Trinajstić information content (AvgIpc) is 2.47. The monoisotopic (exact) mass is 268 g/mol. The molecule has 2 aromatic rings. The molecule has 1 aliphatic rings. The number of amides is 1. The molecule has 1 unspecified atom stereocenters. The lowest BCUT2D eigenvalue weighted by molar-refractivity contribution is 0.1000. The second kappa shape index (κ2) is 5.33. The van der Waals surface area contributed by atoms with Crippen molar-refractivity contribution >= 4 is 5.91 Å². The van der Waals surface area contributed by atoms with Crippen molar-refractivity contribution in [1.29, 1.82) is 0 Å². The molecular formula is C16H16N2O2. The highest BCUT2D eigenvalue weighted by Gasteiger charge is 2.20. The van der Waals surface area contributed by atoms with Crippen LogP contribution in [0.3, 0.4) is 0 Å². The van der Waals surface area contributed by atoms with E-state index in [0.29, 0.717) is 18.1 Å². The number of nitrogens with zero attached hydrogens (tertiary/aromatic N) is 1. The van der Waals surface area contributed by atoms with E-state index in [1.807, 2.05) is 18.2 Å². The summed E-state index contributed by atoms with van der Waals surface area (Å²) in [7, 11) is 0. The van der Waals surface area contributed by atoms with Crippen LogP contribution in [0.1, 0.15) is 21.6 Å². The Kier molecular flexibility index (Phi) is 3.37. The number of benzene rings is 1. The van der Waals surface area contributed by atoms with Crippen molar-refractivity contribution in [3.05, 3.63) is 59.4 Å². The lowest BCUT2D eigenvalue weighted by atomic mass is 9.92. The van der Waals surface area contributed by atoms with Crippen molar-refractivity contribution in [2.75, 3.05) is 6.61 Å². The number of nitrogens with two attached hydrogens (primary N) is 1. The number of ether oxygens (including phenoxy) is 1. The van der Waals surface area contributed by atoms with E-state index in [1.165, 1.54) is 5.56 Å². The van der Waals surface area contributed by atoms with Gasteiger partial charge in [0.2, 0.25) is 5.91 Å². The molecule has 0 saturated carbocycles. The molecule has 0 radical (unpaired) electrons. The van der Waals surface area contributed by atoms with E-state index in [4.69, 9.17) is 10.5 Å². The Balaban J connectivity index is 1.73. The van der Waals surface area contributed by atoms with Gasteiger partial charge in [0.1, 0.15) is 5.75 Å². The fraction of sp³-hybridized carbons (Fsp3) is 0.250. The van der Waals surface area contributed by atoms with Crippen molar-refractivity contribution in [3.63, 3.8) is 0 Å². The maximum absolute atomic E-state index is 11.2. The lowest BCUT2D eigenvalue weighted by Crippen LogP contribution is -2.23. The van der Waals surface area contributed by atoms with Gasteiger partial charge in [0.25, 0.3) is 0 Å². The molecule has 0 saturated heterocycles. The zero-order chi connectivity index (χ0) is 13.9. The Bertz CT molecular complexity index is 640. The Morgan fingerprint density at radius 2 is 2.20 bits per heavy atom. The summed E-state index contributed by atoms with van der Waals surface area (Å²) in [4.78, 5) is 15.5. The van der Waals surface area contributed by atoms with Crippen LogP contribution in [0.5, 0.6) is 5.75 Å². The second-order valence-corrected chi connectivity index (χ2v) is 5.09. The third kappa shape index (κ3) is 2.64. The number of pyridine rings is 1. The van der Waals surface area contributed by atoms with Gasteiger partial charge < -0.3 is 10.5 Å². The molecule has 2 N–H and O–H groups in total. The normalized spacial score (nSPS) is 17.1. The van der Waals surface area contributed by atoms with Crippen LogP contribution in [0.2, 0.25) is 0 Å². The predicted octanol–water partition coefficient (Wildman–Crippen LogP) is 1.97. The number of hydrogen-bond acceptors (Lipinski definition) is 3. The average molecular weight is 268 g/mol. The number of primary amides is 1. The Labute approximate surface area is 117 Å². The Hall–Kier alpha value is -2.36. The van der Waals surface area contributed by atoms with E-state index in [-0.39, 0.29) is 0 Å². The molecule has 1 atom stereocenters. The van der Waals surface area contributed by atoms with Crippen LogP contribution < -0.4 is 10.5 Å². The maximum Gasteiger partial charge on any atom is 0.248 e. The number of carbonyl (C=O) groups excluding carboxylic acids is 1. The first kappa shape index (κ1) is 12.7. The number of carbonyl (C=O) groups is 1. The van der Waals surface area contributed by atoms with E-state index < -0.39 is 5.91 Å². The van der Waals surface area contributed by atoms with E-state index in [0.717, 1.165) is 24.3 Å². The zero-order valence-corrected chi connectivity index (χ0v) is 11.1. The topological polar surface area (TPSA) is 65.2 Å². The maximum atomic E-state index is 11.2. The fourth-order valence-corrected chi connectivity index (χ4v) is 2.56. The standard InChI is InChI=1S/C16H16N2O2/c17-16(19)13-5-6-18-14(9-13)8-11-7-12-3-1-2-4-15(12)20-10-11/h1-6,9,11H,7-8,10H2,(H2,17,19). The summed E-state index contributed by atoms with van der Waals surface area (Å²) in [6.45, 7) is 0.680. The summed E-state index contributed by atoms with van der Waals surface area (Å²) in [6, 6.07) is 11.5. The van der Waals surface area contributed by atoms with Crippen molar-refractivity contribution in [2.24, 2.45) is 11.7 Å². The summed E-state index contributed by atoms with van der Waals surface area (Å²) in [5.74, 6) is 0.932. The molecule has 2 heterocycles. The van der Waals surface area contributed by atoms with Crippen LogP contribution in [-0.4, -0.2) is 17.5 Å². The van der Waals surface area contributed by atoms with E-state index in [1.54, 1.807) is 18.3 Å². The molecule has 0 aliphatic carbocycles. The molecule has 4 nitrogen and oxygen atoms in total. The summed E-state index contributed by atoms with van der Waals surface area (Å²) in [5, 5.41) is 0. The highest BCUT2D eigenvalue weighted by molar-refractivity contribution is 5.92. The number of hydrogen-bond donors (Lipinski definition) is 1.